The van der Waals surface area contributed by atoms with Crippen molar-refractivity contribution in [1.82, 2.24) is 5.32 Å². The number of benzene rings is 2. The van der Waals surface area contributed by atoms with Crippen LogP contribution in [0.25, 0.3) is 6.08 Å². The molecule has 130 valence electrons. The van der Waals surface area contributed by atoms with E-state index in [2.05, 4.69) is 10.1 Å². The van der Waals surface area contributed by atoms with Crippen LogP contribution in [-0.2, 0) is 14.3 Å². The molecule has 2 aromatic carbocycles. The van der Waals surface area contributed by atoms with Gasteiger partial charge < -0.3 is 10.1 Å². The van der Waals surface area contributed by atoms with Crippen molar-refractivity contribution in [1.29, 1.82) is 0 Å². The first kappa shape index (κ1) is 18.7. The molecule has 1 atom stereocenters. The Morgan fingerprint density at radius 3 is 2.60 bits per heavy atom. The maximum Gasteiger partial charge on any atom is 0.307 e. The fraction of sp³-hybridized carbons (Fsp3) is 0.158. The number of hydrogen-bond donors (Lipinski definition) is 1. The van der Waals surface area contributed by atoms with Gasteiger partial charge in [-0.25, -0.2) is 4.39 Å². The molecule has 6 heteroatoms. The van der Waals surface area contributed by atoms with E-state index in [1.54, 1.807) is 36.4 Å². The minimum absolute atomic E-state index is 0.0162. The van der Waals surface area contributed by atoms with Gasteiger partial charge in [-0.1, -0.05) is 35.9 Å². The van der Waals surface area contributed by atoms with Crippen LogP contribution < -0.4 is 5.32 Å². The predicted molar refractivity (Wildman–Crippen MR) is 94.4 cm³/mol. The quantitative estimate of drug-likeness (QED) is 0.627. The van der Waals surface area contributed by atoms with Gasteiger partial charge in [-0.15, -0.1) is 0 Å². The number of halogens is 2. The van der Waals surface area contributed by atoms with Crippen LogP contribution >= 0.6 is 11.6 Å². The highest BCUT2D eigenvalue weighted by atomic mass is 35.5. The van der Waals surface area contributed by atoms with Gasteiger partial charge >= 0.3 is 5.97 Å². The number of nitrogens with one attached hydrogen (secondary N) is 1. The Balaban J connectivity index is 2.10. The van der Waals surface area contributed by atoms with Crippen LogP contribution in [0.5, 0.6) is 0 Å². The van der Waals surface area contributed by atoms with E-state index in [-0.39, 0.29) is 12.2 Å². The minimum Gasteiger partial charge on any atom is -0.469 e. The standard InChI is InChI=1S/C19H17ClFNO3/c1-25-19(24)12-17(14-6-8-15(20)9-7-14)22-18(23)10-5-13-3-2-4-16(21)11-13/h2-11,17H,12H2,1H3,(H,22,23)/b10-5+. The zero-order chi connectivity index (χ0) is 18.2. The zero-order valence-electron chi connectivity index (χ0n) is 13.5. The lowest BCUT2D eigenvalue weighted by Gasteiger charge is -2.17. The van der Waals surface area contributed by atoms with E-state index >= 15 is 0 Å². The molecule has 0 saturated carbocycles. The molecule has 0 saturated heterocycles. The Morgan fingerprint density at radius 2 is 1.96 bits per heavy atom. The molecule has 0 heterocycles. The summed E-state index contributed by atoms with van der Waals surface area (Å²) in [5, 5.41) is 3.29. The Hall–Kier alpha value is -2.66. The number of amides is 1. The average molecular weight is 362 g/mol. The van der Waals surface area contributed by atoms with E-state index < -0.39 is 17.9 Å². The normalized spacial score (nSPS) is 12.0. The van der Waals surface area contributed by atoms with Crippen molar-refractivity contribution in [2.24, 2.45) is 0 Å². The van der Waals surface area contributed by atoms with E-state index in [0.717, 1.165) is 5.56 Å². The smallest absolute Gasteiger partial charge is 0.307 e. The Kier molecular flexibility index (Phi) is 6.71. The number of hydrogen-bond acceptors (Lipinski definition) is 3. The van der Waals surface area contributed by atoms with Crippen molar-refractivity contribution in [3.63, 3.8) is 0 Å². The zero-order valence-corrected chi connectivity index (χ0v) is 14.3. The Labute approximate surface area is 150 Å². The molecule has 0 aliphatic rings. The van der Waals surface area contributed by atoms with Crippen molar-refractivity contribution < 1.29 is 18.7 Å². The molecule has 4 nitrogen and oxygen atoms in total. The van der Waals surface area contributed by atoms with Crippen molar-refractivity contribution in [3.05, 3.63) is 76.6 Å². The highest BCUT2D eigenvalue weighted by Gasteiger charge is 2.18. The van der Waals surface area contributed by atoms with Crippen molar-refractivity contribution in [2.45, 2.75) is 12.5 Å². The van der Waals surface area contributed by atoms with Gasteiger partial charge in [-0.05, 0) is 41.5 Å². The third-order valence-electron chi connectivity index (χ3n) is 3.46. The second-order valence-electron chi connectivity index (χ2n) is 5.28. The molecule has 0 aliphatic carbocycles. The van der Waals surface area contributed by atoms with E-state index in [1.165, 1.54) is 31.4 Å². The molecule has 25 heavy (non-hydrogen) atoms. The summed E-state index contributed by atoms with van der Waals surface area (Å²) in [5.41, 5.74) is 1.29. The Bertz CT molecular complexity index is 774. The largest absolute Gasteiger partial charge is 0.469 e. The van der Waals surface area contributed by atoms with Gasteiger partial charge in [0.2, 0.25) is 5.91 Å². The summed E-state index contributed by atoms with van der Waals surface area (Å²) in [7, 11) is 1.28. The molecule has 2 aromatic rings. The van der Waals surface area contributed by atoms with Crippen molar-refractivity contribution in [3.8, 4) is 0 Å². The molecule has 0 spiro atoms. The van der Waals surface area contributed by atoms with Gasteiger partial charge in [0.05, 0.1) is 19.6 Å². The molecule has 1 N–H and O–H groups in total. The van der Waals surface area contributed by atoms with Crippen LogP contribution in [0.15, 0.2) is 54.6 Å². The van der Waals surface area contributed by atoms with Gasteiger partial charge in [0, 0.05) is 11.1 Å². The SMILES string of the molecule is COC(=O)CC(NC(=O)/C=C/c1cccc(F)c1)c1ccc(Cl)cc1. The lowest BCUT2D eigenvalue weighted by molar-refractivity contribution is -0.141. The molecule has 0 bridgehead atoms. The van der Waals surface area contributed by atoms with Crippen LogP contribution in [0.2, 0.25) is 5.02 Å². The van der Waals surface area contributed by atoms with Crippen LogP contribution in [0.4, 0.5) is 4.39 Å². The van der Waals surface area contributed by atoms with E-state index in [9.17, 15) is 14.0 Å². The van der Waals surface area contributed by atoms with Gasteiger partial charge in [0.25, 0.3) is 0 Å². The number of carbonyl (C=O) groups is 2. The highest BCUT2D eigenvalue weighted by molar-refractivity contribution is 6.30. The summed E-state index contributed by atoms with van der Waals surface area (Å²) in [4.78, 5) is 23.8. The van der Waals surface area contributed by atoms with E-state index in [0.29, 0.717) is 10.6 Å². The highest BCUT2D eigenvalue weighted by Crippen LogP contribution is 2.20. The third-order valence-corrected chi connectivity index (χ3v) is 3.72. The number of rotatable bonds is 6. The maximum absolute atomic E-state index is 13.1. The van der Waals surface area contributed by atoms with Crippen LogP contribution in [0, 0.1) is 5.82 Å². The minimum atomic E-state index is -0.561. The summed E-state index contributed by atoms with van der Waals surface area (Å²) < 4.78 is 17.8. The molecule has 0 aliphatic heterocycles. The number of esters is 1. The van der Waals surface area contributed by atoms with Gasteiger partial charge in [-0.2, -0.15) is 0 Å². The maximum atomic E-state index is 13.1. The summed E-state index contributed by atoms with van der Waals surface area (Å²) in [6.45, 7) is 0. The van der Waals surface area contributed by atoms with Crippen LogP contribution in [0.1, 0.15) is 23.6 Å². The number of ether oxygens (including phenoxy) is 1. The monoisotopic (exact) mass is 361 g/mol. The molecule has 2 rings (SSSR count). The summed E-state index contributed by atoms with van der Waals surface area (Å²) >= 11 is 5.86. The van der Waals surface area contributed by atoms with Gasteiger partial charge in [-0.3, -0.25) is 9.59 Å². The first-order valence-electron chi connectivity index (χ1n) is 7.54. The topological polar surface area (TPSA) is 55.4 Å². The second kappa shape index (κ2) is 8.99. The first-order chi connectivity index (χ1) is 12.0. The molecule has 0 fully saturated rings. The van der Waals surface area contributed by atoms with Crippen LogP contribution in [0.3, 0.4) is 0 Å². The molecule has 0 radical (unpaired) electrons. The summed E-state index contributed by atoms with van der Waals surface area (Å²) in [6.07, 6.45) is 2.77. The second-order valence-corrected chi connectivity index (χ2v) is 5.72. The molecule has 0 aromatic heterocycles. The van der Waals surface area contributed by atoms with Gasteiger partial charge in [0.1, 0.15) is 5.82 Å². The third kappa shape index (κ3) is 6.04. The van der Waals surface area contributed by atoms with Crippen molar-refractivity contribution >= 4 is 29.6 Å². The molecular weight excluding hydrogens is 345 g/mol. The summed E-state index contributed by atoms with van der Waals surface area (Å²) in [5.74, 6) is -1.24. The van der Waals surface area contributed by atoms with Crippen LogP contribution in [-0.4, -0.2) is 19.0 Å². The average Bonchev–Trinajstić information content (AvgIpc) is 2.60. The van der Waals surface area contributed by atoms with E-state index in [1.807, 2.05) is 0 Å². The predicted octanol–water partition coefficient (Wildman–Crippen LogP) is 3.91. The van der Waals surface area contributed by atoms with Crippen molar-refractivity contribution in [2.75, 3.05) is 7.11 Å². The first-order valence-corrected chi connectivity index (χ1v) is 7.92. The fourth-order valence-electron chi connectivity index (χ4n) is 2.20. The lowest BCUT2D eigenvalue weighted by Crippen LogP contribution is -2.29. The number of carbonyl (C=O) groups excluding carboxylic acids is 2. The molecular formula is C19H17ClFNO3. The van der Waals surface area contributed by atoms with E-state index in [4.69, 9.17) is 11.6 Å². The fourth-order valence-corrected chi connectivity index (χ4v) is 2.33. The molecule has 1 unspecified atom stereocenters. The Morgan fingerprint density at radius 1 is 1.24 bits per heavy atom. The summed E-state index contributed by atoms with van der Waals surface area (Å²) in [6, 6.07) is 12.1. The molecule has 1 amide bonds. The van der Waals surface area contributed by atoms with Gasteiger partial charge in [0.15, 0.2) is 0 Å². The number of methoxy groups -OCH3 is 1. The lowest BCUT2D eigenvalue weighted by atomic mass is 10.0.